The Balaban J connectivity index is 2.64. The summed E-state index contributed by atoms with van der Waals surface area (Å²) in [6.07, 6.45) is 4.89. The molecular formula is C13H17BrFN. The molecule has 1 unspecified atom stereocenters. The van der Waals surface area contributed by atoms with E-state index in [1.165, 1.54) is 6.07 Å². The molecule has 0 radical (unpaired) electrons. The van der Waals surface area contributed by atoms with Crippen molar-refractivity contribution in [3.8, 4) is 0 Å². The Bertz CT molecular complexity index is 363. The van der Waals surface area contributed by atoms with Crippen molar-refractivity contribution in [1.82, 2.24) is 5.32 Å². The van der Waals surface area contributed by atoms with Gasteiger partial charge in [-0.1, -0.05) is 35.0 Å². The van der Waals surface area contributed by atoms with E-state index in [1.54, 1.807) is 12.1 Å². The minimum atomic E-state index is -0.192. The Morgan fingerprint density at radius 3 is 2.94 bits per heavy atom. The van der Waals surface area contributed by atoms with Gasteiger partial charge in [-0.05, 0) is 38.1 Å². The van der Waals surface area contributed by atoms with Gasteiger partial charge >= 0.3 is 0 Å². The molecule has 0 aliphatic carbocycles. The molecule has 3 heteroatoms. The Morgan fingerprint density at radius 2 is 2.25 bits per heavy atom. The van der Waals surface area contributed by atoms with E-state index >= 15 is 0 Å². The van der Waals surface area contributed by atoms with Gasteiger partial charge in [0, 0.05) is 16.1 Å². The van der Waals surface area contributed by atoms with Crippen LogP contribution in [0.1, 0.15) is 25.8 Å². The molecule has 0 aromatic heterocycles. The zero-order valence-corrected chi connectivity index (χ0v) is 11.2. The van der Waals surface area contributed by atoms with Crippen LogP contribution in [0.15, 0.2) is 28.7 Å². The average Bonchev–Trinajstić information content (AvgIpc) is 2.27. The van der Waals surface area contributed by atoms with Gasteiger partial charge in [0.1, 0.15) is 5.82 Å². The highest BCUT2D eigenvalue weighted by molar-refractivity contribution is 9.10. The first-order chi connectivity index (χ1) is 7.63. The zero-order chi connectivity index (χ0) is 12.0. The van der Waals surface area contributed by atoms with Gasteiger partial charge in [0.15, 0.2) is 0 Å². The lowest BCUT2D eigenvalue weighted by Gasteiger charge is -2.07. The van der Waals surface area contributed by atoms with Crippen LogP contribution in [0.4, 0.5) is 4.39 Å². The second kappa shape index (κ2) is 6.81. The van der Waals surface area contributed by atoms with Crippen molar-refractivity contribution in [2.24, 2.45) is 0 Å². The van der Waals surface area contributed by atoms with Crippen molar-refractivity contribution >= 4 is 22.0 Å². The number of halogens is 2. The summed E-state index contributed by atoms with van der Waals surface area (Å²) in [6.45, 7) is 5.16. The summed E-state index contributed by atoms with van der Waals surface area (Å²) in [5, 5.41) is 3.32. The lowest BCUT2D eigenvalue weighted by Crippen LogP contribution is -2.24. The van der Waals surface area contributed by atoms with Crippen LogP contribution in [0.5, 0.6) is 0 Å². The van der Waals surface area contributed by atoms with E-state index in [9.17, 15) is 4.39 Å². The first-order valence-corrected chi connectivity index (χ1v) is 6.29. The van der Waals surface area contributed by atoms with Gasteiger partial charge in [-0.3, -0.25) is 0 Å². The molecule has 1 atom stereocenters. The third-order valence-electron chi connectivity index (χ3n) is 2.24. The number of rotatable bonds is 5. The van der Waals surface area contributed by atoms with Gasteiger partial charge in [-0.15, -0.1) is 0 Å². The number of nitrogens with one attached hydrogen (secondary N) is 1. The number of benzene rings is 1. The molecule has 1 nitrogen and oxygen atoms in total. The van der Waals surface area contributed by atoms with E-state index < -0.39 is 0 Å². The third-order valence-corrected chi connectivity index (χ3v) is 2.73. The van der Waals surface area contributed by atoms with Gasteiger partial charge in [0.2, 0.25) is 0 Å². The summed E-state index contributed by atoms with van der Waals surface area (Å²) >= 11 is 3.33. The Hall–Kier alpha value is -0.670. The molecule has 0 spiro atoms. The maximum absolute atomic E-state index is 13.4. The van der Waals surface area contributed by atoms with Crippen molar-refractivity contribution < 1.29 is 4.39 Å². The molecule has 0 saturated heterocycles. The standard InChI is InChI=1S/C13H17BrFN/c1-3-8-16-10(2)4-5-11-9-12(14)6-7-13(11)15/h4-7,9-10,16H,3,8H2,1-2H3/b5-4+. The third kappa shape index (κ3) is 4.45. The fourth-order valence-corrected chi connectivity index (χ4v) is 1.71. The minimum absolute atomic E-state index is 0.192. The monoisotopic (exact) mass is 285 g/mol. The van der Waals surface area contributed by atoms with Gasteiger partial charge in [-0.2, -0.15) is 0 Å². The number of hydrogen-bond donors (Lipinski definition) is 1. The Morgan fingerprint density at radius 1 is 1.50 bits per heavy atom. The molecule has 1 rings (SSSR count). The molecule has 88 valence electrons. The van der Waals surface area contributed by atoms with Crippen LogP contribution >= 0.6 is 15.9 Å². The lowest BCUT2D eigenvalue weighted by molar-refractivity contribution is 0.620. The highest BCUT2D eigenvalue weighted by Crippen LogP contribution is 2.16. The van der Waals surface area contributed by atoms with Crippen LogP contribution in [-0.2, 0) is 0 Å². The van der Waals surface area contributed by atoms with Gasteiger partial charge in [0.25, 0.3) is 0 Å². The first-order valence-electron chi connectivity index (χ1n) is 5.50. The SMILES string of the molecule is CCCNC(C)/C=C/c1cc(Br)ccc1F. The summed E-state index contributed by atoms with van der Waals surface area (Å²) in [5.74, 6) is -0.192. The Kier molecular flexibility index (Phi) is 5.71. The van der Waals surface area contributed by atoms with Crippen LogP contribution in [0.3, 0.4) is 0 Å². The summed E-state index contributed by atoms with van der Waals surface area (Å²) in [6, 6.07) is 5.20. The molecule has 0 aliphatic rings. The smallest absolute Gasteiger partial charge is 0.130 e. The number of hydrogen-bond acceptors (Lipinski definition) is 1. The normalized spacial score (nSPS) is 13.2. The van der Waals surface area contributed by atoms with E-state index in [-0.39, 0.29) is 11.9 Å². The van der Waals surface area contributed by atoms with Crippen molar-refractivity contribution in [2.45, 2.75) is 26.3 Å². The van der Waals surface area contributed by atoms with Crippen molar-refractivity contribution in [3.63, 3.8) is 0 Å². The van der Waals surface area contributed by atoms with Crippen molar-refractivity contribution in [3.05, 3.63) is 40.1 Å². The maximum Gasteiger partial charge on any atom is 0.130 e. The minimum Gasteiger partial charge on any atom is -0.311 e. The second-order valence-corrected chi connectivity index (χ2v) is 4.68. The zero-order valence-electron chi connectivity index (χ0n) is 9.63. The highest BCUT2D eigenvalue weighted by atomic mass is 79.9. The quantitative estimate of drug-likeness (QED) is 0.863. The largest absolute Gasteiger partial charge is 0.311 e. The fourth-order valence-electron chi connectivity index (χ4n) is 1.33. The molecule has 1 N–H and O–H groups in total. The molecule has 0 heterocycles. The molecule has 1 aromatic rings. The summed E-state index contributed by atoms with van der Waals surface area (Å²) in [4.78, 5) is 0. The second-order valence-electron chi connectivity index (χ2n) is 3.77. The van der Waals surface area contributed by atoms with Gasteiger partial charge in [0.05, 0.1) is 0 Å². The maximum atomic E-state index is 13.4. The first kappa shape index (κ1) is 13.4. The summed E-state index contributed by atoms with van der Waals surface area (Å²) in [7, 11) is 0. The summed E-state index contributed by atoms with van der Waals surface area (Å²) in [5.41, 5.74) is 0.611. The van der Waals surface area contributed by atoms with E-state index in [4.69, 9.17) is 0 Å². The predicted molar refractivity (Wildman–Crippen MR) is 70.9 cm³/mol. The van der Waals surface area contributed by atoms with Crippen LogP contribution in [0.25, 0.3) is 6.08 Å². The van der Waals surface area contributed by atoms with Gasteiger partial charge < -0.3 is 5.32 Å². The Labute approximate surface area is 105 Å². The molecule has 0 aliphatic heterocycles. The average molecular weight is 286 g/mol. The fraction of sp³-hybridized carbons (Fsp3) is 0.385. The van der Waals surface area contributed by atoms with E-state index in [0.717, 1.165) is 17.4 Å². The summed E-state index contributed by atoms with van der Waals surface area (Å²) < 4.78 is 14.3. The molecule has 0 saturated carbocycles. The molecular weight excluding hydrogens is 269 g/mol. The van der Waals surface area contributed by atoms with Crippen LogP contribution in [-0.4, -0.2) is 12.6 Å². The topological polar surface area (TPSA) is 12.0 Å². The van der Waals surface area contributed by atoms with E-state index in [0.29, 0.717) is 5.56 Å². The van der Waals surface area contributed by atoms with E-state index in [1.807, 2.05) is 12.2 Å². The van der Waals surface area contributed by atoms with E-state index in [2.05, 4.69) is 35.1 Å². The van der Waals surface area contributed by atoms with Crippen LogP contribution in [0, 0.1) is 5.82 Å². The van der Waals surface area contributed by atoms with Crippen molar-refractivity contribution in [2.75, 3.05) is 6.54 Å². The highest BCUT2D eigenvalue weighted by Gasteiger charge is 2.00. The molecule has 16 heavy (non-hydrogen) atoms. The van der Waals surface area contributed by atoms with Gasteiger partial charge in [-0.25, -0.2) is 4.39 Å². The molecule has 0 bridgehead atoms. The van der Waals surface area contributed by atoms with Crippen molar-refractivity contribution in [1.29, 1.82) is 0 Å². The molecule has 1 aromatic carbocycles. The molecule has 0 fully saturated rings. The van der Waals surface area contributed by atoms with Crippen LogP contribution in [0.2, 0.25) is 0 Å². The lowest BCUT2D eigenvalue weighted by atomic mass is 10.1. The van der Waals surface area contributed by atoms with Crippen LogP contribution < -0.4 is 5.32 Å². The molecule has 0 amide bonds. The predicted octanol–water partition coefficient (Wildman–Crippen LogP) is 3.99.